The van der Waals surface area contributed by atoms with Crippen LogP contribution in [0, 0.1) is 5.92 Å². The fourth-order valence-electron chi connectivity index (χ4n) is 2.14. The third-order valence-corrected chi connectivity index (χ3v) is 3.65. The molecule has 0 fully saturated rings. The van der Waals surface area contributed by atoms with Crippen LogP contribution in [0.25, 0.3) is 0 Å². The molecule has 0 aromatic heterocycles. The van der Waals surface area contributed by atoms with Crippen LogP contribution in [-0.2, 0) is 4.79 Å². The van der Waals surface area contributed by atoms with Gasteiger partial charge in [0.15, 0.2) is 0 Å². The van der Waals surface area contributed by atoms with Gasteiger partial charge >= 0.3 is 5.97 Å². The predicted molar refractivity (Wildman–Crippen MR) is 67.4 cm³/mol. The molecule has 3 nitrogen and oxygen atoms in total. The van der Waals surface area contributed by atoms with Gasteiger partial charge in [0.1, 0.15) is 0 Å². The van der Waals surface area contributed by atoms with Crippen molar-refractivity contribution in [3.05, 3.63) is 0 Å². The van der Waals surface area contributed by atoms with Crippen LogP contribution in [0.15, 0.2) is 0 Å². The number of quaternary nitrogens is 1. The third-order valence-electron chi connectivity index (χ3n) is 3.65. The van der Waals surface area contributed by atoms with Crippen LogP contribution in [0.5, 0.6) is 0 Å². The van der Waals surface area contributed by atoms with E-state index in [4.69, 9.17) is 5.11 Å². The summed E-state index contributed by atoms with van der Waals surface area (Å²) in [5.41, 5.74) is 0. The van der Waals surface area contributed by atoms with Crippen molar-refractivity contribution < 1.29 is 14.4 Å². The molecule has 0 saturated carbocycles. The standard InChI is InChI=1S/C13H27NO2/c1-6-14(12(4)5,9-7-11(2)3)10-8-13(15)16/h11-12H,6-10H2,1-5H3/p+1. The molecule has 1 N–H and O–H groups in total. The highest BCUT2D eigenvalue weighted by Crippen LogP contribution is 2.18. The van der Waals surface area contributed by atoms with E-state index < -0.39 is 5.97 Å². The zero-order valence-electron chi connectivity index (χ0n) is 11.5. The number of hydrogen-bond acceptors (Lipinski definition) is 1. The molecule has 0 heterocycles. The number of carbonyl (C=O) groups is 1. The fraction of sp³-hybridized carbons (Fsp3) is 0.923. The Morgan fingerprint density at radius 1 is 1.19 bits per heavy atom. The molecule has 0 amide bonds. The summed E-state index contributed by atoms with van der Waals surface area (Å²) in [6.07, 6.45) is 1.45. The zero-order valence-corrected chi connectivity index (χ0v) is 11.5. The van der Waals surface area contributed by atoms with E-state index in [0.29, 0.717) is 12.0 Å². The van der Waals surface area contributed by atoms with Gasteiger partial charge in [0.2, 0.25) is 0 Å². The minimum Gasteiger partial charge on any atom is -0.481 e. The summed E-state index contributed by atoms with van der Waals surface area (Å²) in [7, 11) is 0. The molecular weight excluding hydrogens is 202 g/mol. The first-order chi connectivity index (χ1) is 7.34. The van der Waals surface area contributed by atoms with Crippen molar-refractivity contribution in [3.63, 3.8) is 0 Å². The Morgan fingerprint density at radius 2 is 1.75 bits per heavy atom. The van der Waals surface area contributed by atoms with E-state index in [2.05, 4.69) is 34.6 Å². The molecule has 1 unspecified atom stereocenters. The molecule has 0 saturated heterocycles. The van der Waals surface area contributed by atoms with Crippen molar-refractivity contribution in [1.82, 2.24) is 0 Å². The fourth-order valence-corrected chi connectivity index (χ4v) is 2.14. The third kappa shape index (κ3) is 4.97. The Balaban J connectivity index is 4.51. The maximum absolute atomic E-state index is 10.7. The van der Waals surface area contributed by atoms with Crippen molar-refractivity contribution in [2.45, 2.75) is 53.5 Å². The van der Waals surface area contributed by atoms with E-state index in [-0.39, 0.29) is 6.42 Å². The van der Waals surface area contributed by atoms with Gasteiger partial charge in [-0.25, -0.2) is 0 Å². The van der Waals surface area contributed by atoms with Crippen molar-refractivity contribution >= 4 is 5.97 Å². The van der Waals surface area contributed by atoms with Gasteiger partial charge in [0, 0.05) is 0 Å². The first kappa shape index (κ1) is 15.4. The molecule has 0 aliphatic heterocycles. The number of carboxylic acid groups (broad SMARTS) is 1. The predicted octanol–water partition coefficient (Wildman–Crippen LogP) is 2.75. The van der Waals surface area contributed by atoms with Crippen molar-refractivity contribution in [2.24, 2.45) is 5.92 Å². The van der Waals surface area contributed by atoms with Crippen LogP contribution in [0.3, 0.4) is 0 Å². The Kier molecular flexibility index (Phi) is 6.65. The van der Waals surface area contributed by atoms with E-state index in [1.165, 1.54) is 6.42 Å². The maximum Gasteiger partial charge on any atom is 0.309 e. The van der Waals surface area contributed by atoms with Crippen LogP contribution >= 0.6 is 0 Å². The van der Waals surface area contributed by atoms with Gasteiger partial charge in [-0.15, -0.1) is 0 Å². The molecule has 0 radical (unpaired) electrons. The minimum absolute atomic E-state index is 0.282. The zero-order chi connectivity index (χ0) is 12.8. The lowest BCUT2D eigenvalue weighted by Crippen LogP contribution is -2.54. The molecule has 0 spiro atoms. The summed E-state index contributed by atoms with van der Waals surface area (Å²) in [6.45, 7) is 13.9. The van der Waals surface area contributed by atoms with Gasteiger partial charge in [-0.05, 0) is 33.1 Å². The minimum atomic E-state index is -0.679. The van der Waals surface area contributed by atoms with Crippen molar-refractivity contribution in [2.75, 3.05) is 19.6 Å². The summed E-state index contributed by atoms with van der Waals surface area (Å²) >= 11 is 0. The summed E-state index contributed by atoms with van der Waals surface area (Å²) < 4.78 is 0.935. The first-order valence-corrected chi connectivity index (χ1v) is 6.41. The second-order valence-electron chi connectivity index (χ2n) is 5.40. The number of hydrogen-bond donors (Lipinski definition) is 1. The van der Waals surface area contributed by atoms with Crippen LogP contribution in [0.2, 0.25) is 0 Å². The largest absolute Gasteiger partial charge is 0.481 e. The maximum atomic E-state index is 10.7. The lowest BCUT2D eigenvalue weighted by Gasteiger charge is -2.42. The van der Waals surface area contributed by atoms with Gasteiger partial charge in [-0.2, -0.15) is 0 Å². The normalized spacial score (nSPS) is 15.4. The summed E-state index contributed by atoms with van der Waals surface area (Å²) in [6, 6.07) is 0.503. The first-order valence-electron chi connectivity index (χ1n) is 6.41. The molecule has 16 heavy (non-hydrogen) atoms. The number of carboxylic acids is 1. The highest BCUT2D eigenvalue weighted by molar-refractivity contribution is 5.66. The lowest BCUT2D eigenvalue weighted by atomic mass is 10.1. The molecule has 96 valence electrons. The summed E-state index contributed by atoms with van der Waals surface area (Å²) in [5, 5.41) is 8.82. The van der Waals surface area contributed by atoms with E-state index in [9.17, 15) is 4.79 Å². The molecule has 1 atom stereocenters. The molecule has 0 aliphatic rings. The smallest absolute Gasteiger partial charge is 0.309 e. The molecule has 0 aromatic carbocycles. The Morgan fingerprint density at radius 3 is 2.06 bits per heavy atom. The van der Waals surface area contributed by atoms with Crippen LogP contribution in [-0.4, -0.2) is 41.2 Å². The lowest BCUT2D eigenvalue weighted by molar-refractivity contribution is -0.946. The monoisotopic (exact) mass is 230 g/mol. The molecule has 3 heteroatoms. The quantitative estimate of drug-likeness (QED) is 0.651. The number of rotatable bonds is 8. The molecule has 0 aliphatic carbocycles. The molecule has 0 rings (SSSR count). The Hall–Kier alpha value is -0.570. The molecular formula is C13H28NO2+. The van der Waals surface area contributed by atoms with Gasteiger partial charge in [0.25, 0.3) is 0 Å². The van der Waals surface area contributed by atoms with Gasteiger partial charge in [-0.3, -0.25) is 4.79 Å². The second kappa shape index (κ2) is 6.89. The van der Waals surface area contributed by atoms with Crippen molar-refractivity contribution in [1.29, 1.82) is 0 Å². The van der Waals surface area contributed by atoms with Crippen LogP contribution in [0.4, 0.5) is 0 Å². The summed E-state index contributed by atoms with van der Waals surface area (Å²) in [5.74, 6) is 0.00813. The highest BCUT2D eigenvalue weighted by atomic mass is 16.4. The van der Waals surface area contributed by atoms with E-state index in [0.717, 1.165) is 24.1 Å². The second-order valence-corrected chi connectivity index (χ2v) is 5.40. The SMILES string of the molecule is CC[N+](CCC(=O)O)(CCC(C)C)C(C)C. The average Bonchev–Trinajstić information content (AvgIpc) is 2.17. The highest BCUT2D eigenvalue weighted by Gasteiger charge is 2.29. The van der Waals surface area contributed by atoms with Crippen molar-refractivity contribution in [3.8, 4) is 0 Å². The van der Waals surface area contributed by atoms with E-state index >= 15 is 0 Å². The number of nitrogens with zero attached hydrogens (tertiary/aromatic N) is 1. The van der Waals surface area contributed by atoms with Gasteiger partial charge in [-0.1, -0.05) is 13.8 Å². The van der Waals surface area contributed by atoms with Gasteiger partial charge < -0.3 is 9.59 Å². The van der Waals surface area contributed by atoms with E-state index in [1.807, 2.05) is 0 Å². The Bertz CT molecular complexity index is 214. The molecule has 0 bridgehead atoms. The van der Waals surface area contributed by atoms with E-state index in [1.54, 1.807) is 0 Å². The number of aliphatic carboxylic acids is 1. The topological polar surface area (TPSA) is 37.3 Å². The average molecular weight is 230 g/mol. The summed E-state index contributed by atoms with van der Waals surface area (Å²) in [4.78, 5) is 10.7. The Labute approximate surface area is 100 Å². The molecule has 0 aromatic rings. The van der Waals surface area contributed by atoms with Crippen LogP contribution < -0.4 is 0 Å². The van der Waals surface area contributed by atoms with Crippen LogP contribution in [0.1, 0.15) is 47.5 Å². The van der Waals surface area contributed by atoms with Gasteiger partial charge in [0.05, 0.1) is 32.1 Å².